The Morgan fingerprint density at radius 2 is 1.50 bits per heavy atom. The van der Waals surface area contributed by atoms with Crippen LogP contribution in [0, 0.1) is 0 Å². The summed E-state index contributed by atoms with van der Waals surface area (Å²) in [5.41, 5.74) is 1.20. The van der Waals surface area contributed by atoms with Crippen LogP contribution >= 0.6 is 0 Å². The maximum absolute atomic E-state index is 9.25. The number of nitrogens with zero attached hydrogens (tertiary/aromatic N) is 1. The van der Waals surface area contributed by atoms with Gasteiger partial charge in [0.2, 0.25) is 0 Å². The van der Waals surface area contributed by atoms with E-state index in [1.54, 1.807) is 0 Å². The molecule has 0 aliphatic carbocycles. The molecule has 1 heterocycles. The highest BCUT2D eigenvalue weighted by molar-refractivity contribution is 5.18. The average molecular weight is 219 g/mol. The van der Waals surface area contributed by atoms with Crippen LogP contribution in [0.2, 0.25) is 0 Å². The van der Waals surface area contributed by atoms with Crippen LogP contribution in [0.15, 0.2) is 42.5 Å². The van der Waals surface area contributed by atoms with Crippen molar-refractivity contribution in [3.8, 4) is 0 Å². The van der Waals surface area contributed by atoms with Gasteiger partial charge in [-0.25, -0.2) is 0 Å². The summed E-state index contributed by atoms with van der Waals surface area (Å²) in [6.45, 7) is 0.948. The third-order valence-electron chi connectivity index (χ3n) is 2.99. The van der Waals surface area contributed by atoms with Crippen LogP contribution in [0.25, 0.3) is 0 Å². The van der Waals surface area contributed by atoms with Gasteiger partial charge in [-0.2, -0.15) is 0 Å². The first-order valence-corrected chi connectivity index (χ1v) is 5.55. The summed E-state index contributed by atoms with van der Waals surface area (Å²) in [4.78, 5) is 2.11. The van der Waals surface area contributed by atoms with E-state index >= 15 is 0 Å². The van der Waals surface area contributed by atoms with Crippen molar-refractivity contribution in [1.29, 1.82) is 0 Å². The van der Waals surface area contributed by atoms with E-state index in [-0.39, 0.29) is 25.3 Å². The largest absolute Gasteiger partial charge is 0.394 e. The minimum atomic E-state index is 0.0253. The Morgan fingerprint density at radius 1 is 0.938 bits per heavy atom. The van der Waals surface area contributed by atoms with Crippen molar-refractivity contribution in [3.63, 3.8) is 0 Å². The molecule has 0 bridgehead atoms. The maximum atomic E-state index is 9.25. The molecule has 0 saturated heterocycles. The highest BCUT2D eigenvalue weighted by Gasteiger charge is 2.27. The molecule has 2 atom stereocenters. The highest BCUT2D eigenvalue weighted by atomic mass is 16.3. The molecule has 16 heavy (non-hydrogen) atoms. The molecule has 86 valence electrons. The average Bonchev–Trinajstić information content (AvgIpc) is 2.72. The van der Waals surface area contributed by atoms with E-state index in [1.807, 2.05) is 30.4 Å². The van der Waals surface area contributed by atoms with E-state index in [9.17, 15) is 10.2 Å². The molecule has 0 fully saturated rings. The second-order valence-corrected chi connectivity index (χ2v) is 4.04. The standard InChI is InChI=1S/C13H17NO2/c15-9-12-6-7-13(10-16)14(12)8-11-4-2-1-3-5-11/h1-7,12-13,15-16H,8-10H2/t12-,13+. The molecule has 0 amide bonds. The van der Waals surface area contributed by atoms with Crippen molar-refractivity contribution in [2.24, 2.45) is 0 Å². The molecule has 1 aliphatic heterocycles. The number of hydrogen-bond acceptors (Lipinski definition) is 3. The van der Waals surface area contributed by atoms with Crippen LogP contribution < -0.4 is 0 Å². The van der Waals surface area contributed by atoms with Gasteiger partial charge in [0.25, 0.3) is 0 Å². The summed E-state index contributed by atoms with van der Waals surface area (Å²) in [6, 6.07) is 10.2. The van der Waals surface area contributed by atoms with Crippen molar-refractivity contribution < 1.29 is 10.2 Å². The molecule has 3 nitrogen and oxygen atoms in total. The van der Waals surface area contributed by atoms with Crippen molar-refractivity contribution in [2.45, 2.75) is 18.6 Å². The quantitative estimate of drug-likeness (QED) is 0.735. The van der Waals surface area contributed by atoms with E-state index in [0.29, 0.717) is 0 Å². The Balaban J connectivity index is 2.07. The van der Waals surface area contributed by atoms with Gasteiger partial charge < -0.3 is 10.2 Å². The van der Waals surface area contributed by atoms with Crippen molar-refractivity contribution in [2.75, 3.05) is 13.2 Å². The Bertz CT molecular complexity index is 336. The van der Waals surface area contributed by atoms with Crippen LogP contribution in [-0.2, 0) is 6.54 Å². The highest BCUT2D eigenvalue weighted by Crippen LogP contribution is 2.19. The number of aliphatic hydroxyl groups is 2. The molecule has 3 heteroatoms. The fourth-order valence-corrected chi connectivity index (χ4v) is 2.08. The van der Waals surface area contributed by atoms with E-state index < -0.39 is 0 Å². The number of hydrogen-bond donors (Lipinski definition) is 2. The van der Waals surface area contributed by atoms with Gasteiger partial charge in [-0.3, -0.25) is 4.90 Å². The molecule has 0 saturated carbocycles. The molecule has 1 aliphatic rings. The molecule has 0 radical (unpaired) electrons. The second-order valence-electron chi connectivity index (χ2n) is 4.04. The zero-order valence-electron chi connectivity index (χ0n) is 9.16. The molecule has 2 N–H and O–H groups in total. The van der Waals surface area contributed by atoms with Gasteiger partial charge in [-0.1, -0.05) is 42.5 Å². The SMILES string of the molecule is OC[C@H]1C=C[C@@H](CO)N1Cc1ccccc1. The Morgan fingerprint density at radius 3 is 2.00 bits per heavy atom. The molecule has 1 aromatic rings. The zero-order chi connectivity index (χ0) is 11.4. The van der Waals surface area contributed by atoms with Gasteiger partial charge >= 0.3 is 0 Å². The van der Waals surface area contributed by atoms with E-state index in [4.69, 9.17) is 0 Å². The summed E-state index contributed by atoms with van der Waals surface area (Å²) >= 11 is 0. The third-order valence-corrected chi connectivity index (χ3v) is 2.99. The molecule has 0 spiro atoms. The number of rotatable bonds is 4. The Labute approximate surface area is 95.6 Å². The molecular weight excluding hydrogens is 202 g/mol. The number of aliphatic hydroxyl groups excluding tert-OH is 2. The summed E-state index contributed by atoms with van der Waals surface area (Å²) in [7, 11) is 0. The van der Waals surface area contributed by atoms with Crippen molar-refractivity contribution in [3.05, 3.63) is 48.0 Å². The summed E-state index contributed by atoms with van der Waals surface area (Å²) in [5, 5.41) is 18.5. The lowest BCUT2D eigenvalue weighted by Crippen LogP contribution is -2.40. The van der Waals surface area contributed by atoms with E-state index in [0.717, 1.165) is 6.54 Å². The topological polar surface area (TPSA) is 43.7 Å². The fraction of sp³-hybridized carbons (Fsp3) is 0.385. The maximum Gasteiger partial charge on any atom is 0.0623 e. The predicted octanol–water partition coefficient (Wildman–Crippen LogP) is 0.780. The van der Waals surface area contributed by atoms with Crippen LogP contribution in [0.4, 0.5) is 0 Å². The lowest BCUT2D eigenvalue weighted by Gasteiger charge is -2.28. The smallest absolute Gasteiger partial charge is 0.0623 e. The minimum Gasteiger partial charge on any atom is -0.394 e. The zero-order valence-corrected chi connectivity index (χ0v) is 9.16. The van der Waals surface area contributed by atoms with Gasteiger partial charge in [0.1, 0.15) is 0 Å². The summed E-state index contributed by atoms with van der Waals surface area (Å²) in [6.07, 6.45) is 3.92. The van der Waals surface area contributed by atoms with E-state index in [2.05, 4.69) is 17.0 Å². The monoisotopic (exact) mass is 219 g/mol. The normalized spacial score (nSPS) is 25.1. The van der Waals surface area contributed by atoms with Crippen molar-refractivity contribution >= 4 is 0 Å². The number of benzene rings is 1. The minimum absolute atomic E-state index is 0.0253. The molecule has 0 unspecified atom stereocenters. The lowest BCUT2D eigenvalue weighted by molar-refractivity contribution is 0.102. The Hall–Kier alpha value is -1.16. The van der Waals surface area contributed by atoms with E-state index in [1.165, 1.54) is 5.56 Å². The molecular formula is C13H17NO2. The Kier molecular flexibility index (Phi) is 3.72. The van der Waals surface area contributed by atoms with Gasteiger partial charge in [0, 0.05) is 6.54 Å². The van der Waals surface area contributed by atoms with Crippen LogP contribution in [0.1, 0.15) is 5.56 Å². The summed E-state index contributed by atoms with van der Waals surface area (Å²) in [5.74, 6) is 0. The van der Waals surface area contributed by atoms with Crippen LogP contribution in [0.3, 0.4) is 0 Å². The van der Waals surface area contributed by atoms with Gasteiger partial charge in [-0.15, -0.1) is 0 Å². The van der Waals surface area contributed by atoms with Crippen molar-refractivity contribution in [1.82, 2.24) is 4.90 Å². The summed E-state index contributed by atoms with van der Waals surface area (Å²) < 4.78 is 0. The first-order chi connectivity index (χ1) is 7.85. The second kappa shape index (κ2) is 5.25. The fourth-order valence-electron chi connectivity index (χ4n) is 2.08. The lowest BCUT2D eigenvalue weighted by atomic mass is 10.2. The van der Waals surface area contributed by atoms with Gasteiger partial charge in [-0.05, 0) is 5.56 Å². The van der Waals surface area contributed by atoms with Gasteiger partial charge in [0.15, 0.2) is 0 Å². The first-order valence-electron chi connectivity index (χ1n) is 5.55. The third kappa shape index (κ3) is 2.32. The first kappa shape index (κ1) is 11.3. The molecule has 2 rings (SSSR count). The predicted molar refractivity (Wildman–Crippen MR) is 62.9 cm³/mol. The van der Waals surface area contributed by atoms with Crippen LogP contribution in [-0.4, -0.2) is 40.4 Å². The molecule has 0 aromatic heterocycles. The van der Waals surface area contributed by atoms with Crippen LogP contribution in [0.5, 0.6) is 0 Å². The molecule has 1 aromatic carbocycles. The van der Waals surface area contributed by atoms with Gasteiger partial charge in [0.05, 0.1) is 25.3 Å².